The summed E-state index contributed by atoms with van der Waals surface area (Å²) < 4.78 is 12.8. The van der Waals surface area contributed by atoms with Crippen molar-refractivity contribution in [3.63, 3.8) is 0 Å². The van der Waals surface area contributed by atoms with E-state index in [0.717, 1.165) is 0 Å². The van der Waals surface area contributed by atoms with Gasteiger partial charge in [-0.2, -0.15) is 0 Å². The van der Waals surface area contributed by atoms with Crippen molar-refractivity contribution in [1.29, 1.82) is 0 Å². The van der Waals surface area contributed by atoms with Gasteiger partial charge in [-0.1, -0.05) is 12.1 Å². The van der Waals surface area contributed by atoms with Gasteiger partial charge in [0.2, 0.25) is 0 Å². The number of benzene rings is 1. The lowest BCUT2D eigenvalue weighted by Crippen LogP contribution is -1.85. The van der Waals surface area contributed by atoms with E-state index in [9.17, 15) is 4.39 Å². The van der Waals surface area contributed by atoms with Crippen molar-refractivity contribution in [1.82, 2.24) is 9.97 Å². The monoisotopic (exact) mass is 173 g/mol. The molecule has 0 bridgehead atoms. The molecular weight excluding hydrogens is 167 g/mol. The van der Waals surface area contributed by atoms with Crippen LogP contribution in [0.15, 0.2) is 36.7 Å². The molecule has 1 heterocycles. The Bertz CT molecular complexity index is 401. The van der Waals surface area contributed by atoms with Crippen molar-refractivity contribution in [3.05, 3.63) is 48.7 Å². The molecule has 0 atom stereocenters. The van der Waals surface area contributed by atoms with Crippen LogP contribution in [0.5, 0.6) is 0 Å². The molecule has 3 heteroatoms. The van der Waals surface area contributed by atoms with E-state index in [1.807, 2.05) is 0 Å². The van der Waals surface area contributed by atoms with Crippen LogP contribution in [0.3, 0.4) is 0 Å². The molecule has 0 fully saturated rings. The van der Waals surface area contributed by atoms with Gasteiger partial charge in [-0.3, -0.25) is 9.97 Å². The van der Waals surface area contributed by atoms with E-state index in [1.54, 1.807) is 18.3 Å². The van der Waals surface area contributed by atoms with E-state index in [0.29, 0.717) is 11.3 Å². The first-order valence-corrected chi connectivity index (χ1v) is 3.81. The predicted molar refractivity (Wildman–Crippen MR) is 46.3 cm³/mol. The lowest BCUT2D eigenvalue weighted by Gasteiger charge is -1.97. The molecule has 0 N–H and O–H groups in total. The summed E-state index contributed by atoms with van der Waals surface area (Å²) in [5.41, 5.74) is 1.25. The Labute approximate surface area is 75.1 Å². The fourth-order valence-corrected chi connectivity index (χ4v) is 1.04. The van der Waals surface area contributed by atoms with Crippen LogP contribution < -0.4 is 0 Å². The van der Waals surface area contributed by atoms with Gasteiger partial charge in [-0.15, -0.1) is 0 Å². The van der Waals surface area contributed by atoms with E-state index < -0.39 is 0 Å². The van der Waals surface area contributed by atoms with Crippen LogP contribution in [0.1, 0.15) is 0 Å². The maximum absolute atomic E-state index is 12.8. The quantitative estimate of drug-likeness (QED) is 0.659. The summed E-state index contributed by atoms with van der Waals surface area (Å²) in [4.78, 5) is 7.79. The Morgan fingerprint density at radius 1 is 1.23 bits per heavy atom. The molecule has 1 aromatic heterocycles. The first kappa shape index (κ1) is 7.86. The molecule has 0 aliphatic carbocycles. The molecule has 2 rings (SSSR count). The minimum atomic E-state index is -0.281. The summed E-state index contributed by atoms with van der Waals surface area (Å²) in [6.07, 6.45) is 5.77. The molecule has 1 radical (unpaired) electrons. The number of hydrogen-bond acceptors (Lipinski definition) is 2. The highest BCUT2D eigenvalue weighted by molar-refractivity contribution is 5.56. The Hall–Kier alpha value is -1.77. The second kappa shape index (κ2) is 3.31. The zero-order valence-electron chi connectivity index (χ0n) is 6.74. The maximum Gasteiger partial charge on any atom is 0.123 e. The van der Waals surface area contributed by atoms with Crippen LogP contribution in [-0.2, 0) is 0 Å². The van der Waals surface area contributed by atoms with Gasteiger partial charge in [0.1, 0.15) is 12.0 Å². The lowest BCUT2D eigenvalue weighted by molar-refractivity contribution is 0.628. The second-order valence-corrected chi connectivity index (χ2v) is 2.53. The summed E-state index contributed by atoms with van der Waals surface area (Å²) in [7, 11) is 0. The highest BCUT2D eigenvalue weighted by Gasteiger charge is 1.99. The normalized spacial score (nSPS) is 9.92. The van der Waals surface area contributed by atoms with Crippen LogP contribution >= 0.6 is 0 Å². The Balaban J connectivity index is 2.48. The fraction of sp³-hybridized carbons (Fsp3) is 0. The van der Waals surface area contributed by atoms with Gasteiger partial charge in [0.05, 0.1) is 5.69 Å². The van der Waals surface area contributed by atoms with Crippen LogP contribution in [0, 0.1) is 12.0 Å². The fourth-order valence-electron chi connectivity index (χ4n) is 1.04. The van der Waals surface area contributed by atoms with Crippen LogP contribution in [0.25, 0.3) is 11.3 Å². The molecule has 0 aliphatic heterocycles. The minimum Gasteiger partial charge on any atom is -0.252 e. The Morgan fingerprint density at radius 3 is 2.85 bits per heavy atom. The van der Waals surface area contributed by atoms with Gasteiger partial charge < -0.3 is 0 Å². The molecule has 0 saturated heterocycles. The SMILES string of the molecule is Fc1cccc(-c2[c]nccn2)c1. The third-order valence-corrected chi connectivity index (χ3v) is 1.61. The van der Waals surface area contributed by atoms with Crippen molar-refractivity contribution >= 4 is 0 Å². The molecule has 13 heavy (non-hydrogen) atoms. The number of aromatic nitrogens is 2. The van der Waals surface area contributed by atoms with E-state index in [4.69, 9.17) is 0 Å². The third-order valence-electron chi connectivity index (χ3n) is 1.61. The van der Waals surface area contributed by atoms with Gasteiger partial charge in [-0.25, -0.2) is 4.39 Å². The standard InChI is InChI=1S/C10H6FN2/c11-9-3-1-2-8(6-9)10-7-12-4-5-13-10/h1-6H. The minimum absolute atomic E-state index is 0.281. The van der Waals surface area contributed by atoms with Gasteiger partial charge in [0.25, 0.3) is 0 Å². The average molecular weight is 173 g/mol. The highest BCUT2D eigenvalue weighted by Crippen LogP contribution is 2.15. The molecule has 0 spiro atoms. The smallest absolute Gasteiger partial charge is 0.123 e. The van der Waals surface area contributed by atoms with E-state index in [2.05, 4.69) is 16.2 Å². The number of nitrogens with zero attached hydrogens (tertiary/aromatic N) is 2. The average Bonchev–Trinajstić information content (AvgIpc) is 2.19. The van der Waals surface area contributed by atoms with Crippen molar-refractivity contribution in [3.8, 4) is 11.3 Å². The molecule has 0 aliphatic rings. The molecule has 63 valence electrons. The van der Waals surface area contributed by atoms with E-state index in [1.165, 1.54) is 18.3 Å². The summed E-state index contributed by atoms with van der Waals surface area (Å²) in [6, 6.07) is 6.19. The van der Waals surface area contributed by atoms with Gasteiger partial charge >= 0.3 is 0 Å². The zero-order valence-corrected chi connectivity index (χ0v) is 6.74. The van der Waals surface area contributed by atoms with Crippen molar-refractivity contribution in [2.24, 2.45) is 0 Å². The van der Waals surface area contributed by atoms with Gasteiger partial charge in [0, 0.05) is 18.0 Å². The summed E-state index contributed by atoms with van der Waals surface area (Å²) in [5, 5.41) is 0. The van der Waals surface area contributed by atoms with Crippen LogP contribution in [0.2, 0.25) is 0 Å². The number of hydrogen-bond donors (Lipinski definition) is 0. The second-order valence-electron chi connectivity index (χ2n) is 2.53. The van der Waals surface area contributed by atoms with E-state index >= 15 is 0 Å². The summed E-state index contributed by atoms with van der Waals surface area (Å²) >= 11 is 0. The van der Waals surface area contributed by atoms with Crippen molar-refractivity contribution in [2.75, 3.05) is 0 Å². The Kier molecular flexibility index (Phi) is 2.00. The molecule has 0 unspecified atom stereocenters. The van der Waals surface area contributed by atoms with Crippen LogP contribution in [-0.4, -0.2) is 9.97 Å². The van der Waals surface area contributed by atoms with Crippen molar-refractivity contribution < 1.29 is 4.39 Å². The summed E-state index contributed by atoms with van der Waals surface area (Å²) in [6.45, 7) is 0. The zero-order chi connectivity index (χ0) is 9.10. The lowest BCUT2D eigenvalue weighted by atomic mass is 10.1. The van der Waals surface area contributed by atoms with Gasteiger partial charge in [0.15, 0.2) is 0 Å². The van der Waals surface area contributed by atoms with E-state index in [-0.39, 0.29) is 5.82 Å². The maximum atomic E-state index is 12.8. The van der Waals surface area contributed by atoms with Crippen LogP contribution in [0.4, 0.5) is 4.39 Å². The molecule has 1 aromatic carbocycles. The molecular formula is C10H6FN2. The Morgan fingerprint density at radius 2 is 2.15 bits per heavy atom. The molecule has 0 saturated carbocycles. The topological polar surface area (TPSA) is 25.8 Å². The number of rotatable bonds is 1. The first-order chi connectivity index (χ1) is 6.36. The van der Waals surface area contributed by atoms with Gasteiger partial charge in [-0.05, 0) is 12.1 Å². The predicted octanol–water partition coefficient (Wildman–Crippen LogP) is 2.08. The molecule has 0 amide bonds. The molecule has 2 aromatic rings. The number of halogens is 1. The largest absolute Gasteiger partial charge is 0.252 e. The third kappa shape index (κ3) is 1.69. The first-order valence-electron chi connectivity index (χ1n) is 3.81. The highest BCUT2D eigenvalue weighted by atomic mass is 19.1. The molecule has 2 nitrogen and oxygen atoms in total. The summed E-state index contributed by atoms with van der Waals surface area (Å²) in [5.74, 6) is -0.281. The van der Waals surface area contributed by atoms with Crippen molar-refractivity contribution in [2.45, 2.75) is 0 Å².